The van der Waals surface area contributed by atoms with E-state index in [1.807, 2.05) is 30.3 Å². The Balaban J connectivity index is 1.49. The van der Waals surface area contributed by atoms with E-state index >= 15 is 0 Å². The summed E-state index contributed by atoms with van der Waals surface area (Å²) in [5.74, 6) is -2.61. The van der Waals surface area contributed by atoms with Crippen molar-refractivity contribution in [2.75, 3.05) is 20.1 Å². The van der Waals surface area contributed by atoms with Gasteiger partial charge in [0.25, 0.3) is 0 Å². The first kappa shape index (κ1) is 22.8. The average Bonchev–Trinajstić information content (AvgIpc) is 3.35. The number of nitrogens with one attached hydrogen (secondary N) is 1. The lowest BCUT2D eigenvalue weighted by Crippen LogP contribution is -2.35. The minimum Gasteiger partial charge on any atom is -0.389 e. The molecule has 1 unspecified atom stereocenters. The van der Waals surface area contributed by atoms with Crippen LogP contribution in [0, 0.1) is 0 Å². The van der Waals surface area contributed by atoms with E-state index in [9.17, 15) is 18.7 Å². The number of likely N-dealkylation sites (N-methyl/N-ethyl adjacent to an activating group) is 1. The lowest BCUT2D eigenvalue weighted by atomic mass is 10.1. The average molecular weight is 434 g/mol. The van der Waals surface area contributed by atoms with Crippen molar-refractivity contribution in [3.63, 3.8) is 0 Å². The minimum atomic E-state index is -2.87. The van der Waals surface area contributed by atoms with Gasteiger partial charge < -0.3 is 14.9 Å². The molecule has 0 aliphatic carbocycles. The number of hydrogen-bond donors (Lipinski definition) is 2. The number of H-pyrrole nitrogens is 1. The summed E-state index contributed by atoms with van der Waals surface area (Å²) in [6.07, 6.45) is 2.79. The van der Waals surface area contributed by atoms with Crippen LogP contribution in [0.1, 0.15) is 30.7 Å². The highest BCUT2D eigenvalue weighted by Crippen LogP contribution is 2.27. The number of amides is 2. The summed E-state index contributed by atoms with van der Waals surface area (Å²) in [7, 11) is 1.68. The van der Waals surface area contributed by atoms with Crippen molar-refractivity contribution in [2.24, 2.45) is 0 Å². The van der Waals surface area contributed by atoms with Crippen LogP contribution < -0.4 is 0 Å². The Hall–Kier alpha value is -2.88. The van der Waals surface area contributed by atoms with Crippen molar-refractivity contribution < 1.29 is 18.7 Å². The molecule has 1 aromatic carbocycles. The van der Waals surface area contributed by atoms with Crippen LogP contribution in [0.25, 0.3) is 0 Å². The Kier molecular flexibility index (Phi) is 7.67. The molecule has 0 saturated carbocycles. The van der Waals surface area contributed by atoms with Gasteiger partial charge >= 0.3 is 6.03 Å². The molecular weight excluding hydrogens is 406 g/mol. The second-order valence-electron chi connectivity index (χ2n) is 7.85. The number of aryl methyl sites for hydroxylation is 1. The molecule has 8 nitrogen and oxygen atoms in total. The molecule has 1 aromatic heterocycles. The molecule has 0 spiro atoms. The summed E-state index contributed by atoms with van der Waals surface area (Å²) in [6.45, 7) is 0.687. The Morgan fingerprint density at radius 3 is 2.81 bits per heavy atom. The van der Waals surface area contributed by atoms with Gasteiger partial charge in [-0.05, 0) is 12.0 Å². The lowest BCUT2D eigenvalue weighted by Gasteiger charge is -2.23. The summed E-state index contributed by atoms with van der Waals surface area (Å²) in [5.41, 5.74) is 1.01. The zero-order chi connectivity index (χ0) is 22.3. The molecule has 2 amide bonds. The van der Waals surface area contributed by atoms with E-state index in [1.165, 1.54) is 0 Å². The topological polar surface area (TPSA) is 98.2 Å². The minimum absolute atomic E-state index is 0.0412. The van der Waals surface area contributed by atoms with Crippen LogP contribution in [0.3, 0.4) is 0 Å². The Morgan fingerprint density at radius 1 is 1.32 bits per heavy atom. The Labute approximate surface area is 179 Å². The van der Waals surface area contributed by atoms with Gasteiger partial charge in [0.1, 0.15) is 0 Å². The molecular formula is C21H28F2N6O2. The number of aliphatic hydroxyl groups is 1. The van der Waals surface area contributed by atoms with Crippen LogP contribution in [0.15, 0.2) is 42.5 Å². The van der Waals surface area contributed by atoms with Crippen LogP contribution in [-0.2, 0) is 12.8 Å². The molecule has 2 heterocycles. The van der Waals surface area contributed by atoms with E-state index in [1.54, 1.807) is 29.0 Å². The molecule has 2 atom stereocenters. The lowest BCUT2D eigenvalue weighted by molar-refractivity contribution is -0.0194. The number of carbonyl (C=O) groups excluding carboxylic acids is 1. The van der Waals surface area contributed by atoms with Crippen LogP contribution in [0.4, 0.5) is 13.6 Å². The van der Waals surface area contributed by atoms with E-state index < -0.39 is 12.0 Å². The van der Waals surface area contributed by atoms with Crippen LogP contribution >= 0.6 is 0 Å². The van der Waals surface area contributed by atoms with Gasteiger partial charge in [-0.25, -0.2) is 13.6 Å². The molecule has 1 fully saturated rings. The maximum atomic E-state index is 14.2. The fraction of sp³-hybridized carbons (Fsp3) is 0.524. The second kappa shape index (κ2) is 10.4. The molecule has 1 aliphatic heterocycles. The number of rotatable bonds is 11. The molecule has 2 N–H and O–H groups in total. The van der Waals surface area contributed by atoms with Gasteiger partial charge in [0.05, 0.1) is 12.1 Å². The number of aromatic amines is 1. The van der Waals surface area contributed by atoms with Gasteiger partial charge in [-0.15, -0.1) is 10.2 Å². The first-order valence-electron chi connectivity index (χ1n) is 10.4. The second-order valence-corrected chi connectivity index (χ2v) is 7.85. The Morgan fingerprint density at radius 2 is 2.10 bits per heavy atom. The molecule has 168 valence electrons. The monoisotopic (exact) mass is 434 g/mol. The number of urea groups is 1. The number of benzene rings is 1. The summed E-state index contributed by atoms with van der Waals surface area (Å²) in [4.78, 5) is 15.6. The summed E-state index contributed by atoms with van der Waals surface area (Å²) >= 11 is 0. The van der Waals surface area contributed by atoms with E-state index in [0.717, 1.165) is 5.56 Å². The quantitative estimate of drug-likeness (QED) is 0.530. The third kappa shape index (κ3) is 6.81. The fourth-order valence-electron chi connectivity index (χ4n) is 3.64. The normalized spacial score (nSPS) is 18.3. The zero-order valence-corrected chi connectivity index (χ0v) is 17.5. The van der Waals surface area contributed by atoms with Crippen molar-refractivity contribution in [3.8, 4) is 0 Å². The summed E-state index contributed by atoms with van der Waals surface area (Å²) in [6, 6.07) is 9.17. The largest absolute Gasteiger partial charge is 0.389 e. The third-order valence-corrected chi connectivity index (χ3v) is 5.32. The zero-order valence-electron chi connectivity index (χ0n) is 17.5. The number of aromatic nitrogens is 4. The molecule has 0 radical (unpaired) electrons. The molecule has 2 aromatic rings. The molecule has 1 saturated heterocycles. The number of hydrogen-bond acceptors (Lipinski definition) is 5. The first-order valence-corrected chi connectivity index (χ1v) is 10.4. The van der Waals surface area contributed by atoms with Gasteiger partial charge in [-0.1, -0.05) is 47.7 Å². The van der Waals surface area contributed by atoms with Gasteiger partial charge in [0, 0.05) is 45.8 Å². The smallest absolute Gasteiger partial charge is 0.320 e. The van der Waals surface area contributed by atoms with Gasteiger partial charge in [0.15, 0.2) is 5.82 Å². The molecule has 0 bridgehead atoms. The van der Waals surface area contributed by atoms with Crippen LogP contribution in [0.5, 0.6) is 0 Å². The SMILES string of the molecule is CN1C[C@H](/C=C/C(O)Cc2ccccc2)N(CCCC(F)(F)CCc2nn[nH]n2)C1=O. The number of alkyl halides is 2. The Bertz CT molecular complexity index is 847. The predicted octanol–water partition coefficient (Wildman–Crippen LogP) is 2.44. The molecule has 31 heavy (non-hydrogen) atoms. The van der Waals surface area contributed by atoms with E-state index in [0.29, 0.717) is 13.0 Å². The maximum Gasteiger partial charge on any atom is 0.320 e. The first-order chi connectivity index (χ1) is 14.8. The molecule has 3 rings (SSSR count). The summed E-state index contributed by atoms with van der Waals surface area (Å²) < 4.78 is 28.3. The van der Waals surface area contributed by atoms with Crippen molar-refractivity contribution in [2.45, 2.75) is 50.2 Å². The summed E-state index contributed by atoms with van der Waals surface area (Å²) in [5, 5.41) is 23.3. The maximum absolute atomic E-state index is 14.2. The van der Waals surface area contributed by atoms with E-state index in [4.69, 9.17) is 0 Å². The highest BCUT2D eigenvalue weighted by molar-refractivity contribution is 5.77. The van der Waals surface area contributed by atoms with E-state index in [-0.39, 0.29) is 50.1 Å². The predicted molar refractivity (Wildman–Crippen MR) is 110 cm³/mol. The number of carbonyl (C=O) groups is 1. The van der Waals surface area contributed by atoms with Gasteiger partial charge in [-0.2, -0.15) is 5.21 Å². The molecule has 10 heteroatoms. The molecule has 1 aliphatic rings. The van der Waals surface area contributed by atoms with E-state index in [2.05, 4.69) is 20.6 Å². The number of halogens is 2. The van der Waals surface area contributed by atoms with Crippen molar-refractivity contribution >= 4 is 6.03 Å². The standard InChI is InChI=1S/C21H28F2N6O2/c1-28-15-17(8-9-18(30)14-16-6-3-2-4-7-16)29(20(28)31)13-5-11-21(22,23)12-10-19-24-26-27-25-19/h2-4,6-9,17-18,30H,5,10-15H2,1H3,(H,24,25,26,27)/b9-8+/t17-,18?/m0/s1. The van der Waals surface area contributed by atoms with Crippen LogP contribution in [-0.4, -0.2) is 79.8 Å². The van der Waals surface area contributed by atoms with Crippen molar-refractivity contribution in [3.05, 3.63) is 53.9 Å². The number of nitrogens with zero attached hydrogens (tertiary/aromatic N) is 5. The van der Waals surface area contributed by atoms with Gasteiger partial charge in [-0.3, -0.25) is 0 Å². The fourth-order valence-corrected chi connectivity index (χ4v) is 3.64. The van der Waals surface area contributed by atoms with Crippen molar-refractivity contribution in [1.82, 2.24) is 30.4 Å². The number of aliphatic hydroxyl groups excluding tert-OH is 1. The van der Waals surface area contributed by atoms with Gasteiger partial charge in [0.2, 0.25) is 5.92 Å². The number of tetrazole rings is 1. The highest BCUT2D eigenvalue weighted by Gasteiger charge is 2.35. The highest BCUT2D eigenvalue weighted by atomic mass is 19.3. The third-order valence-electron chi connectivity index (χ3n) is 5.32. The van der Waals surface area contributed by atoms with Crippen LogP contribution in [0.2, 0.25) is 0 Å². The van der Waals surface area contributed by atoms with Crippen molar-refractivity contribution in [1.29, 1.82) is 0 Å².